The highest BCUT2D eigenvalue weighted by atomic mass is 15.2. The Balaban J connectivity index is 0.963. The molecule has 0 saturated heterocycles. The molecule has 0 spiro atoms. The molecule has 5 heteroatoms. The molecule has 0 amide bonds. The highest BCUT2D eigenvalue weighted by Crippen LogP contribution is 2.52. The number of anilines is 6. The molecule has 17 aromatic rings. The zero-order chi connectivity index (χ0) is 66.4. The molecule has 470 valence electrons. The van der Waals surface area contributed by atoms with Crippen molar-refractivity contribution in [1.29, 1.82) is 0 Å². The predicted octanol–water partition coefficient (Wildman–Crippen LogP) is 23.5. The average molecular weight is 1270 g/mol. The molecule has 2 aliphatic heterocycles. The van der Waals surface area contributed by atoms with Crippen LogP contribution in [0.1, 0.15) is 52.7 Å². The number of fused-ring (bicyclic) bond motifs is 12. The maximum Gasteiger partial charge on any atom is 0.252 e. The smallest absolute Gasteiger partial charge is 0.252 e. The van der Waals surface area contributed by atoms with Gasteiger partial charge in [0.15, 0.2) is 0 Å². The Morgan fingerprint density at radius 2 is 0.606 bits per heavy atom. The lowest BCUT2D eigenvalue weighted by Crippen LogP contribution is -2.61. The number of rotatable bonds is 8. The third-order valence-corrected chi connectivity index (χ3v) is 21.4. The molecule has 0 atom stereocenters. The van der Waals surface area contributed by atoms with Gasteiger partial charge in [-0.25, -0.2) is 0 Å². The summed E-state index contributed by atoms with van der Waals surface area (Å²) in [5.74, 6) is 0. The molecule has 2 aromatic heterocycles. The van der Waals surface area contributed by atoms with Gasteiger partial charge in [-0.05, 0) is 172 Å². The van der Waals surface area contributed by atoms with Gasteiger partial charge in [0.25, 0.3) is 6.71 Å². The van der Waals surface area contributed by atoms with Crippen molar-refractivity contribution in [1.82, 2.24) is 9.13 Å². The molecule has 99 heavy (non-hydrogen) atoms. The van der Waals surface area contributed by atoms with E-state index in [1.807, 2.05) is 0 Å². The summed E-state index contributed by atoms with van der Waals surface area (Å²) in [6.07, 6.45) is 0. The Morgan fingerprint density at radius 1 is 0.242 bits per heavy atom. The summed E-state index contributed by atoms with van der Waals surface area (Å²) in [6, 6.07) is 122. The van der Waals surface area contributed by atoms with E-state index in [2.05, 4.69) is 382 Å². The number of benzene rings is 15. The minimum absolute atomic E-state index is 0.0438. The van der Waals surface area contributed by atoms with E-state index in [4.69, 9.17) is 0 Å². The normalized spacial score (nSPS) is 12.9. The molecule has 0 bridgehead atoms. The topological polar surface area (TPSA) is 16.3 Å². The number of nitrogens with zero attached hydrogens (tertiary/aromatic N) is 4. The van der Waals surface area contributed by atoms with Crippen molar-refractivity contribution in [2.45, 2.75) is 52.4 Å². The van der Waals surface area contributed by atoms with Crippen LogP contribution < -0.4 is 26.2 Å². The van der Waals surface area contributed by atoms with Gasteiger partial charge in [0, 0.05) is 61.1 Å². The summed E-state index contributed by atoms with van der Waals surface area (Å²) in [5.41, 5.74) is 29.3. The fraction of sp³-hybridized carbons (Fsp3) is 0.0851. The quantitative estimate of drug-likeness (QED) is 0.111. The molecule has 0 radical (unpaired) electrons. The summed E-state index contributed by atoms with van der Waals surface area (Å²) >= 11 is 0. The van der Waals surface area contributed by atoms with Gasteiger partial charge in [-0.15, -0.1) is 0 Å². The molecule has 19 rings (SSSR count). The van der Waals surface area contributed by atoms with Crippen LogP contribution >= 0.6 is 0 Å². The van der Waals surface area contributed by atoms with Crippen LogP contribution in [0.3, 0.4) is 0 Å². The number of hydrogen-bond acceptors (Lipinski definition) is 2. The molecule has 0 unspecified atom stereocenters. The number of para-hydroxylation sites is 4. The van der Waals surface area contributed by atoms with Gasteiger partial charge in [0.2, 0.25) is 0 Å². The lowest BCUT2D eigenvalue weighted by molar-refractivity contribution is 0.590. The first kappa shape index (κ1) is 58.4. The molecule has 0 N–H and O–H groups in total. The standard InChI is InChI=1S/C94H71BN4/c1-93(2,3)64-47-52-84-76(55-64)77-56-65(94(4,5)6)48-53-85(77)96(84)66-49-51-79-87(57-66)99(81-43-25-21-35-69(81)61-30-12-8-13-31-61)89-59-67(97-82-44-26-22-36-70(82)71-37-23-27-45-83(71)97)58-88-92(89)95(79)78-50-46-63(54-86(78)98(88)80-42-24-20-34-68(80)60-28-10-7-11-29-60)91-74-40-18-16-38-72(74)90(62-32-14-9-15-33-62)73-39-17-19-41-75(73)91/h7-59H,1-6H3. The zero-order valence-corrected chi connectivity index (χ0v) is 56.5. The second-order valence-electron chi connectivity index (χ2n) is 29.2. The fourth-order valence-electron chi connectivity index (χ4n) is 16.8. The van der Waals surface area contributed by atoms with Crippen molar-refractivity contribution < 1.29 is 0 Å². The lowest BCUT2D eigenvalue weighted by atomic mass is 9.33. The third kappa shape index (κ3) is 9.14. The molecule has 2 aliphatic rings. The first-order chi connectivity index (χ1) is 48.4. The lowest BCUT2D eigenvalue weighted by Gasteiger charge is -2.45. The van der Waals surface area contributed by atoms with Gasteiger partial charge in [0.1, 0.15) is 0 Å². The second-order valence-corrected chi connectivity index (χ2v) is 29.2. The molecule has 0 aliphatic carbocycles. The van der Waals surface area contributed by atoms with Crippen molar-refractivity contribution in [2.75, 3.05) is 9.80 Å². The summed E-state index contributed by atoms with van der Waals surface area (Å²) < 4.78 is 5.07. The Labute approximate surface area is 578 Å². The zero-order valence-electron chi connectivity index (χ0n) is 56.5. The number of aromatic nitrogens is 2. The van der Waals surface area contributed by atoms with Crippen molar-refractivity contribution in [2.24, 2.45) is 0 Å². The second kappa shape index (κ2) is 22.3. The third-order valence-electron chi connectivity index (χ3n) is 21.4. The minimum atomic E-state index is -0.216. The van der Waals surface area contributed by atoms with Gasteiger partial charge in [0.05, 0.1) is 39.1 Å². The van der Waals surface area contributed by atoms with E-state index >= 15 is 0 Å². The van der Waals surface area contributed by atoms with Crippen LogP contribution in [0.4, 0.5) is 34.1 Å². The van der Waals surface area contributed by atoms with E-state index in [-0.39, 0.29) is 17.5 Å². The first-order valence-electron chi connectivity index (χ1n) is 34.9. The Bertz CT molecular complexity index is 5960. The summed E-state index contributed by atoms with van der Waals surface area (Å²) in [4.78, 5) is 5.29. The van der Waals surface area contributed by atoms with Crippen LogP contribution in [0, 0.1) is 0 Å². The van der Waals surface area contributed by atoms with Crippen molar-refractivity contribution >= 4 is 122 Å². The van der Waals surface area contributed by atoms with Gasteiger partial charge in [-0.1, -0.05) is 284 Å². The van der Waals surface area contributed by atoms with Crippen LogP contribution in [-0.4, -0.2) is 15.8 Å². The Hall–Kier alpha value is -11.9. The first-order valence-corrected chi connectivity index (χ1v) is 34.9. The van der Waals surface area contributed by atoms with Gasteiger partial charge < -0.3 is 18.9 Å². The summed E-state index contributed by atoms with van der Waals surface area (Å²) in [5, 5.41) is 9.86. The Kier molecular flexibility index (Phi) is 13.2. The molecule has 15 aromatic carbocycles. The summed E-state index contributed by atoms with van der Waals surface area (Å²) in [7, 11) is 0. The van der Waals surface area contributed by atoms with Gasteiger partial charge in [-0.3, -0.25) is 0 Å². The maximum atomic E-state index is 2.65. The predicted molar refractivity (Wildman–Crippen MR) is 423 cm³/mol. The largest absolute Gasteiger partial charge is 0.311 e. The van der Waals surface area contributed by atoms with E-state index < -0.39 is 0 Å². The van der Waals surface area contributed by atoms with E-state index in [0.717, 1.165) is 84.3 Å². The Morgan fingerprint density at radius 3 is 1.08 bits per heavy atom. The van der Waals surface area contributed by atoms with E-state index in [1.165, 1.54) is 98.3 Å². The monoisotopic (exact) mass is 1270 g/mol. The molecule has 0 saturated carbocycles. The summed E-state index contributed by atoms with van der Waals surface area (Å²) in [6.45, 7) is 13.7. The van der Waals surface area contributed by atoms with Gasteiger partial charge in [-0.2, -0.15) is 0 Å². The van der Waals surface area contributed by atoms with Crippen molar-refractivity contribution in [3.05, 3.63) is 333 Å². The van der Waals surface area contributed by atoms with Crippen LogP contribution in [0.15, 0.2) is 322 Å². The van der Waals surface area contributed by atoms with Crippen LogP contribution in [0.2, 0.25) is 0 Å². The SMILES string of the molecule is CC(C)(C)c1ccc2c(c1)c1cc(C(C)(C)C)ccc1n2-c1ccc2c(c1)N(c1ccccc1-c1ccccc1)c1cc(-n3c4ccccc4c4ccccc43)cc3c1B2c1ccc(-c2c4ccccc4c(-c4ccccc4)c4ccccc24)cc1N3c1ccccc1-c1ccccc1. The highest BCUT2D eigenvalue weighted by Gasteiger charge is 2.45. The maximum absolute atomic E-state index is 2.65. The highest BCUT2D eigenvalue weighted by molar-refractivity contribution is 7.00. The fourth-order valence-corrected chi connectivity index (χ4v) is 16.8. The average Bonchev–Trinajstić information content (AvgIpc) is 0.972. The van der Waals surface area contributed by atoms with Crippen LogP contribution in [0.5, 0.6) is 0 Å². The number of hydrogen-bond donors (Lipinski definition) is 0. The minimum Gasteiger partial charge on any atom is -0.311 e. The van der Waals surface area contributed by atoms with E-state index in [9.17, 15) is 0 Å². The van der Waals surface area contributed by atoms with E-state index in [1.54, 1.807) is 0 Å². The van der Waals surface area contributed by atoms with Crippen LogP contribution in [-0.2, 0) is 10.8 Å². The molecule has 4 nitrogen and oxygen atoms in total. The van der Waals surface area contributed by atoms with Crippen molar-refractivity contribution in [3.8, 4) is 55.9 Å². The molecular weight excluding hydrogens is 1200 g/mol. The van der Waals surface area contributed by atoms with Crippen molar-refractivity contribution in [3.63, 3.8) is 0 Å². The molecule has 0 fully saturated rings. The molecular formula is C94H71BN4. The van der Waals surface area contributed by atoms with Gasteiger partial charge >= 0.3 is 0 Å². The van der Waals surface area contributed by atoms with E-state index in [0.29, 0.717) is 0 Å². The van der Waals surface area contributed by atoms with Crippen LogP contribution in [0.25, 0.3) is 121 Å². The molecule has 4 heterocycles.